The van der Waals surface area contributed by atoms with E-state index in [2.05, 4.69) is 13.8 Å². The molecule has 0 aliphatic carbocycles. The Morgan fingerprint density at radius 2 is 1.94 bits per heavy atom. The van der Waals surface area contributed by atoms with Crippen molar-refractivity contribution in [3.8, 4) is 5.75 Å². The molecule has 0 saturated carbocycles. The average molecular weight is 256 g/mol. The van der Waals surface area contributed by atoms with Crippen LogP contribution in [0.1, 0.15) is 37.0 Å². The van der Waals surface area contributed by atoms with Gasteiger partial charge in [0.2, 0.25) is 0 Å². The van der Waals surface area contributed by atoms with Crippen LogP contribution in [0, 0.1) is 13.8 Å². The van der Waals surface area contributed by atoms with Crippen molar-refractivity contribution in [1.29, 1.82) is 0 Å². The second-order valence-corrected chi connectivity index (χ2v) is 5.51. The zero-order valence-corrected chi connectivity index (χ0v) is 12.1. The zero-order chi connectivity index (χ0) is 13.2. The molecule has 0 saturated heterocycles. The molecule has 0 fully saturated rings. The van der Waals surface area contributed by atoms with Crippen molar-refractivity contribution in [3.63, 3.8) is 0 Å². The van der Waals surface area contributed by atoms with E-state index in [1.807, 2.05) is 19.9 Å². The maximum absolute atomic E-state index is 6.33. The number of methoxy groups -OCH3 is 1. The number of halogens is 1. The van der Waals surface area contributed by atoms with Crippen LogP contribution in [0.2, 0.25) is 5.02 Å². The quantitative estimate of drug-likeness (QED) is 0.892. The van der Waals surface area contributed by atoms with Gasteiger partial charge in [-0.2, -0.15) is 0 Å². The van der Waals surface area contributed by atoms with Crippen molar-refractivity contribution in [3.05, 3.63) is 27.8 Å². The van der Waals surface area contributed by atoms with Gasteiger partial charge in [0.05, 0.1) is 7.11 Å². The van der Waals surface area contributed by atoms with Gasteiger partial charge in [-0.05, 0) is 49.4 Å². The lowest BCUT2D eigenvalue weighted by Crippen LogP contribution is -2.24. The molecule has 0 aliphatic rings. The maximum atomic E-state index is 6.33. The van der Waals surface area contributed by atoms with Gasteiger partial charge < -0.3 is 10.5 Å². The van der Waals surface area contributed by atoms with E-state index in [1.165, 1.54) is 5.56 Å². The molecule has 0 aromatic heterocycles. The van der Waals surface area contributed by atoms with Crippen LogP contribution in [0.4, 0.5) is 0 Å². The summed E-state index contributed by atoms with van der Waals surface area (Å²) in [4.78, 5) is 0. The first-order valence-electron chi connectivity index (χ1n) is 5.89. The maximum Gasteiger partial charge on any atom is 0.123 e. The van der Waals surface area contributed by atoms with Gasteiger partial charge in [-0.3, -0.25) is 0 Å². The van der Waals surface area contributed by atoms with E-state index in [1.54, 1.807) is 7.11 Å². The molecule has 0 bridgehead atoms. The number of nitrogens with two attached hydrogens (primary N) is 1. The Labute approximate surface area is 109 Å². The third-order valence-corrected chi connectivity index (χ3v) is 3.89. The largest absolute Gasteiger partial charge is 0.496 e. The minimum atomic E-state index is -0.0263. The van der Waals surface area contributed by atoms with Crippen molar-refractivity contribution in [1.82, 2.24) is 0 Å². The van der Waals surface area contributed by atoms with Gasteiger partial charge in [-0.15, -0.1) is 0 Å². The van der Waals surface area contributed by atoms with Crippen LogP contribution in [-0.4, -0.2) is 13.7 Å². The van der Waals surface area contributed by atoms with Crippen LogP contribution in [0.15, 0.2) is 6.07 Å². The van der Waals surface area contributed by atoms with E-state index in [0.717, 1.165) is 28.3 Å². The summed E-state index contributed by atoms with van der Waals surface area (Å²) in [6.07, 6.45) is 0.906. The van der Waals surface area contributed by atoms with Crippen LogP contribution < -0.4 is 10.5 Å². The first-order valence-corrected chi connectivity index (χ1v) is 6.27. The molecule has 96 valence electrons. The smallest absolute Gasteiger partial charge is 0.123 e. The number of benzene rings is 1. The number of ether oxygens (including phenoxy) is 1. The van der Waals surface area contributed by atoms with Gasteiger partial charge in [0.15, 0.2) is 0 Å². The molecule has 0 amide bonds. The summed E-state index contributed by atoms with van der Waals surface area (Å²) in [5, 5.41) is 0.825. The lowest BCUT2D eigenvalue weighted by molar-refractivity contribution is 0.385. The minimum Gasteiger partial charge on any atom is -0.496 e. The second kappa shape index (κ2) is 5.28. The molecular weight excluding hydrogens is 234 g/mol. The standard InChI is InChI=1S/C14H22ClNO/c1-9-8-11(17-5)12(10(2)13(9)15)14(3,4)6-7-16/h8H,6-7,16H2,1-5H3. The summed E-state index contributed by atoms with van der Waals surface area (Å²) < 4.78 is 5.50. The summed E-state index contributed by atoms with van der Waals surface area (Å²) in [6, 6.07) is 2.00. The zero-order valence-electron chi connectivity index (χ0n) is 11.4. The van der Waals surface area contributed by atoms with Gasteiger partial charge in [0.1, 0.15) is 5.75 Å². The van der Waals surface area contributed by atoms with E-state index in [9.17, 15) is 0 Å². The highest BCUT2D eigenvalue weighted by Crippen LogP contribution is 2.40. The van der Waals surface area contributed by atoms with E-state index < -0.39 is 0 Å². The fourth-order valence-corrected chi connectivity index (χ4v) is 2.56. The summed E-state index contributed by atoms with van der Waals surface area (Å²) in [7, 11) is 1.70. The van der Waals surface area contributed by atoms with Gasteiger partial charge >= 0.3 is 0 Å². The van der Waals surface area contributed by atoms with Gasteiger partial charge in [0, 0.05) is 10.6 Å². The molecule has 3 heteroatoms. The molecule has 0 spiro atoms. The lowest BCUT2D eigenvalue weighted by atomic mass is 9.78. The summed E-state index contributed by atoms with van der Waals surface area (Å²) in [6.45, 7) is 9.05. The predicted octanol–water partition coefficient (Wildman–Crippen LogP) is 3.59. The Balaban J connectivity index is 3.45. The molecule has 2 N–H and O–H groups in total. The number of rotatable bonds is 4. The number of hydrogen-bond donors (Lipinski definition) is 1. The molecule has 1 rings (SSSR count). The van der Waals surface area contributed by atoms with Gasteiger partial charge in [-0.1, -0.05) is 25.4 Å². The van der Waals surface area contributed by atoms with Crippen molar-refractivity contribution >= 4 is 11.6 Å². The highest BCUT2D eigenvalue weighted by molar-refractivity contribution is 6.32. The Kier molecular flexibility index (Phi) is 4.45. The second-order valence-electron chi connectivity index (χ2n) is 5.13. The molecule has 1 aromatic rings. The SMILES string of the molecule is COc1cc(C)c(Cl)c(C)c1C(C)(C)CCN. The fraction of sp³-hybridized carbons (Fsp3) is 0.571. The van der Waals surface area contributed by atoms with Gasteiger partial charge in [0.25, 0.3) is 0 Å². The molecule has 0 unspecified atom stereocenters. The molecule has 0 radical (unpaired) electrons. The Bertz CT molecular complexity index is 413. The van der Waals surface area contributed by atoms with Crippen molar-refractivity contribution in [2.45, 2.75) is 39.5 Å². The van der Waals surface area contributed by atoms with Crippen LogP contribution in [0.3, 0.4) is 0 Å². The monoisotopic (exact) mass is 255 g/mol. The Morgan fingerprint density at radius 3 is 2.41 bits per heavy atom. The van der Waals surface area contributed by atoms with Crippen LogP contribution in [0.25, 0.3) is 0 Å². The normalized spacial score (nSPS) is 11.7. The highest BCUT2D eigenvalue weighted by Gasteiger charge is 2.27. The Morgan fingerprint density at radius 1 is 1.35 bits per heavy atom. The minimum absolute atomic E-state index is 0.0263. The average Bonchev–Trinajstić information content (AvgIpc) is 2.24. The van der Waals surface area contributed by atoms with Crippen molar-refractivity contribution < 1.29 is 4.74 Å². The number of aryl methyl sites for hydroxylation is 1. The first kappa shape index (κ1) is 14.3. The van der Waals surface area contributed by atoms with Crippen molar-refractivity contribution in [2.75, 3.05) is 13.7 Å². The number of hydrogen-bond acceptors (Lipinski definition) is 2. The fourth-order valence-electron chi connectivity index (χ4n) is 2.41. The summed E-state index contributed by atoms with van der Waals surface area (Å²) >= 11 is 6.33. The first-order chi connectivity index (χ1) is 7.85. The topological polar surface area (TPSA) is 35.2 Å². The highest BCUT2D eigenvalue weighted by atomic mass is 35.5. The third-order valence-electron chi connectivity index (χ3n) is 3.31. The van der Waals surface area contributed by atoms with Gasteiger partial charge in [-0.25, -0.2) is 0 Å². The molecule has 2 nitrogen and oxygen atoms in total. The molecule has 0 aliphatic heterocycles. The van der Waals surface area contributed by atoms with Crippen LogP contribution >= 0.6 is 11.6 Å². The predicted molar refractivity (Wildman–Crippen MR) is 74.2 cm³/mol. The Hall–Kier alpha value is -0.730. The molecule has 0 atom stereocenters. The molecule has 17 heavy (non-hydrogen) atoms. The lowest BCUT2D eigenvalue weighted by Gasteiger charge is -2.29. The molecule has 1 aromatic carbocycles. The van der Waals surface area contributed by atoms with E-state index in [4.69, 9.17) is 22.1 Å². The molecular formula is C14H22ClNO. The van der Waals surface area contributed by atoms with E-state index in [-0.39, 0.29) is 5.41 Å². The summed E-state index contributed by atoms with van der Waals surface area (Å²) in [5.41, 5.74) is 8.98. The van der Waals surface area contributed by atoms with Crippen molar-refractivity contribution in [2.24, 2.45) is 5.73 Å². The van der Waals surface area contributed by atoms with E-state index in [0.29, 0.717) is 6.54 Å². The molecule has 0 heterocycles. The summed E-state index contributed by atoms with van der Waals surface area (Å²) in [5.74, 6) is 0.905. The van der Waals surface area contributed by atoms with E-state index >= 15 is 0 Å². The van der Waals surface area contributed by atoms with Crippen LogP contribution in [-0.2, 0) is 5.41 Å². The van der Waals surface area contributed by atoms with Crippen LogP contribution in [0.5, 0.6) is 5.75 Å². The third kappa shape index (κ3) is 2.75.